The normalized spacial score (nSPS) is 14.8. The molecule has 11 heteroatoms. The lowest BCUT2D eigenvalue weighted by Crippen LogP contribution is -2.48. The van der Waals surface area contributed by atoms with E-state index in [1.165, 1.54) is 12.4 Å². The fraction of sp³-hybridized carbons (Fsp3) is 0.280. The average Bonchev–Trinajstić information content (AvgIpc) is 3.31. The second-order valence-corrected chi connectivity index (χ2v) is 9.28. The highest BCUT2D eigenvalue weighted by Gasteiger charge is 2.21. The number of hydrogen-bond acceptors (Lipinski definition) is 7. The predicted octanol–water partition coefficient (Wildman–Crippen LogP) is 4.42. The number of halogens is 2. The summed E-state index contributed by atoms with van der Waals surface area (Å²) in [6.45, 7) is 4.83. The molecule has 4 heterocycles. The molecule has 1 fully saturated rings. The van der Waals surface area contributed by atoms with Gasteiger partial charge in [-0.2, -0.15) is 5.10 Å². The third kappa shape index (κ3) is 4.82. The third-order valence-corrected chi connectivity index (χ3v) is 6.85. The first-order valence-electron chi connectivity index (χ1n) is 11.6. The minimum Gasteiger partial charge on any atom is -0.471 e. The van der Waals surface area contributed by atoms with E-state index < -0.39 is 6.23 Å². The maximum absolute atomic E-state index is 11.9. The minimum absolute atomic E-state index is 0.194. The van der Waals surface area contributed by atoms with Gasteiger partial charge >= 0.3 is 0 Å². The Kier molecular flexibility index (Phi) is 6.95. The van der Waals surface area contributed by atoms with E-state index in [-0.39, 0.29) is 5.91 Å². The Hall–Kier alpha value is -3.40. The van der Waals surface area contributed by atoms with Crippen molar-refractivity contribution in [1.82, 2.24) is 25.1 Å². The highest BCUT2D eigenvalue weighted by molar-refractivity contribution is 6.35. The molecular formula is C25H25Cl2N7O2. The molecule has 0 spiro atoms. The summed E-state index contributed by atoms with van der Waals surface area (Å²) in [5.41, 5.74) is 9.18. The molecule has 36 heavy (non-hydrogen) atoms. The average molecular weight is 526 g/mol. The van der Waals surface area contributed by atoms with Crippen molar-refractivity contribution in [2.75, 3.05) is 31.1 Å². The molecule has 0 saturated carbocycles. The predicted molar refractivity (Wildman–Crippen MR) is 140 cm³/mol. The zero-order valence-corrected chi connectivity index (χ0v) is 21.1. The van der Waals surface area contributed by atoms with E-state index in [0.717, 1.165) is 41.1 Å². The quantitative estimate of drug-likeness (QED) is 0.358. The van der Waals surface area contributed by atoms with Crippen LogP contribution in [0.25, 0.3) is 22.2 Å². The molecule has 1 atom stereocenters. The first-order valence-corrected chi connectivity index (χ1v) is 12.4. The standard InChI is InChI=1S/C25H25Cl2N7O2/c1-2-22(35)34-9-7-33(8-10-34)21-6-3-15(12-30-21)24-17-11-16(4-5-20(17)31-32-24)36-25(28)23-18(26)13-29-14-19(23)27/h3-6,11-14,25H,2,7-10,28H2,1H3,(H,31,32)/t25-/m0/s1. The zero-order chi connectivity index (χ0) is 25.2. The Morgan fingerprint density at radius 1 is 1.11 bits per heavy atom. The Bertz CT molecular complexity index is 1360. The number of anilines is 1. The van der Waals surface area contributed by atoms with Crippen LogP contribution in [-0.2, 0) is 4.79 Å². The number of ether oxygens (including phenoxy) is 1. The molecule has 9 nitrogen and oxygen atoms in total. The molecule has 0 bridgehead atoms. The van der Waals surface area contributed by atoms with Gasteiger partial charge in [-0.3, -0.25) is 20.6 Å². The zero-order valence-electron chi connectivity index (χ0n) is 19.6. The van der Waals surface area contributed by atoms with Gasteiger partial charge < -0.3 is 14.5 Å². The molecule has 3 N–H and O–H groups in total. The van der Waals surface area contributed by atoms with E-state index in [9.17, 15) is 4.79 Å². The lowest BCUT2D eigenvalue weighted by Gasteiger charge is -2.35. The lowest BCUT2D eigenvalue weighted by atomic mass is 10.1. The lowest BCUT2D eigenvalue weighted by molar-refractivity contribution is -0.131. The molecule has 4 aromatic rings. The van der Waals surface area contributed by atoms with E-state index in [0.29, 0.717) is 40.9 Å². The van der Waals surface area contributed by atoms with Gasteiger partial charge in [0.2, 0.25) is 5.91 Å². The highest BCUT2D eigenvalue weighted by atomic mass is 35.5. The van der Waals surface area contributed by atoms with E-state index in [1.54, 1.807) is 6.07 Å². The summed E-state index contributed by atoms with van der Waals surface area (Å²) in [5, 5.41) is 9.09. The highest BCUT2D eigenvalue weighted by Crippen LogP contribution is 2.33. The van der Waals surface area contributed by atoms with Gasteiger partial charge in [0.1, 0.15) is 17.3 Å². The number of benzene rings is 1. The van der Waals surface area contributed by atoms with Gasteiger partial charge in [-0.15, -0.1) is 0 Å². The van der Waals surface area contributed by atoms with Crippen LogP contribution < -0.4 is 15.4 Å². The van der Waals surface area contributed by atoms with Crippen molar-refractivity contribution in [1.29, 1.82) is 0 Å². The fourth-order valence-corrected chi connectivity index (χ4v) is 4.89. The number of carbonyl (C=O) groups excluding carboxylic acids is 1. The van der Waals surface area contributed by atoms with Crippen molar-refractivity contribution >= 4 is 45.8 Å². The van der Waals surface area contributed by atoms with Gasteiger partial charge in [0.25, 0.3) is 0 Å². The number of piperazine rings is 1. The van der Waals surface area contributed by atoms with Gasteiger partial charge in [0.15, 0.2) is 6.23 Å². The molecule has 1 aliphatic heterocycles. The molecule has 0 unspecified atom stereocenters. The summed E-state index contributed by atoms with van der Waals surface area (Å²) in [6, 6.07) is 9.53. The third-order valence-electron chi connectivity index (χ3n) is 6.25. The summed E-state index contributed by atoms with van der Waals surface area (Å²) in [6.07, 6.45) is 4.43. The summed E-state index contributed by atoms with van der Waals surface area (Å²) in [7, 11) is 0. The Labute approximate surface area is 218 Å². The summed E-state index contributed by atoms with van der Waals surface area (Å²) in [4.78, 5) is 24.6. The van der Waals surface area contributed by atoms with Crippen LogP contribution in [0.15, 0.2) is 48.9 Å². The van der Waals surface area contributed by atoms with Crippen LogP contribution >= 0.6 is 23.2 Å². The molecule has 1 amide bonds. The molecule has 1 aliphatic rings. The van der Waals surface area contributed by atoms with Crippen LogP contribution in [-0.4, -0.2) is 57.2 Å². The van der Waals surface area contributed by atoms with Crippen molar-refractivity contribution in [3.05, 3.63) is 64.5 Å². The number of aromatic amines is 1. The monoisotopic (exact) mass is 525 g/mol. The summed E-state index contributed by atoms with van der Waals surface area (Å²) in [5.74, 6) is 1.62. The van der Waals surface area contributed by atoms with Crippen LogP contribution in [0.1, 0.15) is 25.1 Å². The number of pyridine rings is 2. The van der Waals surface area contributed by atoms with Crippen molar-refractivity contribution in [3.8, 4) is 17.0 Å². The number of rotatable bonds is 6. The Morgan fingerprint density at radius 3 is 2.53 bits per heavy atom. The fourth-order valence-electron chi connectivity index (χ4n) is 4.31. The van der Waals surface area contributed by atoms with Gasteiger partial charge in [-0.05, 0) is 30.3 Å². The maximum atomic E-state index is 11.9. The van der Waals surface area contributed by atoms with Crippen LogP contribution in [0.4, 0.5) is 5.82 Å². The number of carbonyl (C=O) groups is 1. The van der Waals surface area contributed by atoms with Gasteiger partial charge in [0.05, 0.1) is 15.6 Å². The van der Waals surface area contributed by atoms with E-state index in [2.05, 4.69) is 25.1 Å². The molecule has 0 aliphatic carbocycles. The molecule has 1 saturated heterocycles. The van der Waals surface area contributed by atoms with E-state index in [1.807, 2.05) is 42.3 Å². The topological polar surface area (TPSA) is 113 Å². The second-order valence-electron chi connectivity index (χ2n) is 8.46. The largest absolute Gasteiger partial charge is 0.471 e. The van der Waals surface area contributed by atoms with Gasteiger partial charge in [0, 0.05) is 67.7 Å². The Balaban J connectivity index is 1.34. The first kappa shape index (κ1) is 24.3. The molecule has 0 radical (unpaired) electrons. The number of hydrogen-bond donors (Lipinski definition) is 2. The van der Waals surface area contributed by atoms with E-state index in [4.69, 9.17) is 33.7 Å². The molecular weight excluding hydrogens is 501 g/mol. The molecule has 1 aromatic carbocycles. The van der Waals surface area contributed by atoms with Crippen molar-refractivity contribution in [2.45, 2.75) is 19.6 Å². The van der Waals surface area contributed by atoms with Crippen molar-refractivity contribution < 1.29 is 9.53 Å². The maximum Gasteiger partial charge on any atom is 0.222 e. The number of nitrogens with one attached hydrogen (secondary N) is 1. The number of nitrogens with two attached hydrogens (primary N) is 1. The first-order chi connectivity index (χ1) is 17.4. The van der Waals surface area contributed by atoms with Crippen molar-refractivity contribution in [3.63, 3.8) is 0 Å². The second kappa shape index (κ2) is 10.3. The number of fused-ring (bicyclic) bond motifs is 1. The van der Waals surface area contributed by atoms with Crippen LogP contribution in [0.5, 0.6) is 5.75 Å². The number of amides is 1. The van der Waals surface area contributed by atoms with Gasteiger partial charge in [-0.25, -0.2) is 4.98 Å². The van der Waals surface area contributed by atoms with Crippen molar-refractivity contribution in [2.24, 2.45) is 5.73 Å². The summed E-state index contributed by atoms with van der Waals surface area (Å²) >= 11 is 12.4. The van der Waals surface area contributed by atoms with Crippen LogP contribution in [0.3, 0.4) is 0 Å². The summed E-state index contributed by atoms with van der Waals surface area (Å²) < 4.78 is 5.95. The molecule has 186 valence electrons. The van der Waals surface area contributed by atoms with Gasteiger partial charge in [-0.1, -0.05) is 30.1 Å². The SMILES string of the molecule is CCC(=O)N1CCN(c2ccc(-c3n[nH]c4ccc(O[C@H](N)c5c(Cl)cncc5Cl)cc34)cn2)CC1. The smallest absolute Gasteiger partial charge is 0.222 e. The molecule has 3 aromatic heterocycles. The molecule has 5 rings (SSSR count). The van der Waals surface area contributed by atoms with Crippen LogP contribution in [0.2, 0.25) is 10.0 Å². The van der Waals surface area contributed by atoms with E-state index >= 15 is 0 Å². The Morgan fingerprint density at radius 2 is 1.86 bits per heavy atom. The minimum atomic E-state index is -0.866. The number of H-pyrrole nitrogens is 1. The number of aromatic nitrogens is 4. The number of nitrogens with zero attached hydrogens (tertiary/aromatic N) is 5. The van der Waals surface area contributed by atoms with Crippen LogP contribution in [0, 0.1) is 0 Å².